The second kappa shape index (κ2) is 11.4. The van der Waals surface area contributed by atoms with Gasteiger partial charge in [-0.15, -0.1) is 0 Å². The molecule has 2 aromatic carbocycles. The van der Waals surface area contributed by atoms with E-state index < -0.39 is 8.32 Å². The summed E-state index contributed by atoms with van der Waals surface area (Å²) in [4.78, 5) is 22.3. The molecule has 0 aromatic heterocycles. The highest BCUT2D eigenvalue weighted by Gasteiger charge is 2.39. The second-order valence-corrected chi connectivity index (χ2v) is 16.1. The van der Waals surface area contributed by atoms with E-state index in [-0.39, 0.29) is 34.8 Å². The molecule has 1 atom stereocenters. The lowest BCUT2D eigenvalue weighted by molar-refractivity contribution is -0.117. The highest BCUT2D eigenvalue weighted by Crippen LogP contribution is 2.40. The molecule has 0 saturated heterocycles. The van der Waals surface area contributed by atoms with Crippen LogP contribution in [-0.4, -0.2) is 37.8 Å². The van der Waals surface area contributed by atoms with Crippen LogP contribution in [0.5, 0.6) is 5.75 Å². The fraction of sp³-hybridized carbons (Fsp3) is 0.481. The molecule has 0 aliphatic rings. The van der Waals surface area contributed by atoms with E-state index in [9.17, 15) is 14.7 Å². The molecule has 0 spiro atoms. The van der Waals surface area contributed by atoms with Crippen molar-refractivity contribution in [2.45, 2.75) is 77.2 Å². The summed E-state index contributed by atoms with van der Waals surface area (Å²) in [7, 11) is -2.13. The molecule has 35 heavy (non-hydrogen) atoms. The predicted molar refractivity (Wildman–Crippen MR) is 144 cm³/mol. The number of primary amides is 1. The van der Waals surface area contributed by atoms with E-state index in [1.165, 1.54) is 0 Å². The van der Waals surface area contributed by atoms with Gasteiger partial charge in [-0.2, -0.15) is 0 Å². The summed E-state index contributed by atoms with van der Waals surface area (Å²) >= 11 is 0. The van der Waals surface area contributed by atoms with Crippen LogP contribution in [0.4, 0.5) is 5.69 Å². The number of hydrogen-bond donors (Lipinski definition) is 4. The number of hydrogen-bond acceptors (Lipinski definition) is 5. The van der Waals surface area contributed by atoms with Crippen LogP contribution in [0.15, 0.2) is 42.5 Å². The molecule has 192 valence electrons. The van der Waals surface area contributed by atoms with Gasteiger partial charge in [-0.25, -0.2) is 0 Å². The number of carbonyl (C=O) groups excluding carboxylic acids is 2. The van der Waals surface area contributed by atoms with Crippen molar-refractivity contribution in [2.24, 2.45) is 5.73 Å². The van der Waals surface area contributed by atoms with Crippen molar-refractivity contribution < 1.29 is 19.1 Å². The lowest BCUT2D eigenvalue weighted by Crippen LogP contribution is -2.47. The molecule has 0 aliphatic carbocycles. The Morgan fingerprint density at radius 1 is 1.11 bits per heavy atom. The number of rotatable bonds is 12. The Hall–Kier alpha value is -2.68. The molecule has 0 fully saturated rings. The van der Waals surface area contributed by atoms with Crippen LogP contribution in [0.1, 0.15) is 57.4 Å². The van der Waals surface area contributed by atoms with E-state index in [4.69, 9.17) is 10.2 Å². The Bertz CT molecular complexity index is 1030. The first-order valence-corrected chi connectivity index (χ1v) is 14.9. The normalized spacial score (nSPS) is 13.3. The minimum atomic E-state index is -2.13. The SMILES string of the molecule is CC(C)(Cc1cccc(CC(N)=O)c1)NC[C@H](O[Si](C)(C)C(C)(C)C)c1ccc(O)c(NC=O)c1. The summed E-state index contributed by atoms with van der Waals surface area (Å²) in [5.41, 5.74) is 8.35. The number of amides is 2. The number of phenolic OH excluding ortho intramolecular Hbond substituents is 1. The molecule has 2 rings (SSSR count). The Morgan fingerprint density at radius 3 is 2.37 bits per heavy atom. The van der Waals surface area contributed by atoms with Gasteiger partial charge in [0.25, 0.3) is 0 Å². The Balaban J connectivity index is 2.27. The zero-order valence-electron chi connectivity index (χ0n) is 22.1. The van der Waals surface area contributed by atoms with Gasteiger partial charge in [-0.05, 0) is 67.2 Å². The van der Waals surface area contributed by atoms with Gasteiger partial charge < -0.3 is 25.9 Å². The minimum Gasteiger partial charge on any atom is -0.506 e. The van der Waals surface area contributed by atoms with Gasteiger partial charge in [0.05, 0.1) is 18.2 Å². The van der Waals surface area contributed by atoms with E-state index >= 15 is 0 Å². The molecule has 7 nitrogen and oxygen atoms in total. The third kappa shape index (κ3) is 8.49. The Labute approximate surface area is 210 Å². The van der Waals surface area contributed by atoms with Crippen LogP contribution < -0.4 is 16.4 Å². The van der Waals surface area contributed by atoms with Crippen LogP contribution in [-0.2, 0) is 26.9 Å². The highest BCUT2D eigenvalue weighted by molar-refractivity contribution is 6.74. The molecule has 2 aromatic rings. The van der Waals surface area contributed by atoms with E-state index in [2.05, 4.69) is 64.4 Å². The number of benzene rings is 2. The molecule has 0 aliphatic heterocycles. The molecular weight excluding hydrogens is 458 g/mol. The average molecular weight is 500 g/mol. The quantitative estimate of drug-likeness (QED) is 0.193. The first-order chi connectivity index (χ1) is 16.1. The van der Waals surface area contributed by atoms with Gasteiger partial charge in [0.1, 0.15) is 5.75 Å². The van der Waals surface area contributed by atoms with E-state index in [0.717, 1.165) is 23.1 Å². The van der Waals surface area contributed by atoms with Gasteiger partial charge in [-0.1, -0.05) is 51.1 Å². The van der Waals surface area contributed by atoms with E-state index in [1.807, 2.05) is 24.3 Å². The third-order valence-electron chi connectivity index (χ3n) is 6.63. The van der Waals surface area contributed by atoms with Gasteiger partial charge >= 0.3 is 0 Å². The van der Waals surface area contributed by atoms with Crippen molar-refractivity contribution >= 4 is 26.3 Å². The van der Waals surface area contributed by atoms with Crippen molar-refractivity contribution in [1.82, 2.24) is 5.32 Å². The second-order valence-electron chi connectivity index (χ2n) is 11.3. The molecule has 0 unspecified atom stereocenters. The number of aromatic hydroxyl groups is 1. The summed E-state index contributed by atoms with van der Waals surface area (Å²) in [6.07, 6.45) is 1.25. The van der Waals surface area contributed by atoms with Crippen LogP contribution in [0.2, 0.25) is 18.1 Å². The summed E-state index contributed by atoms with van der Waals surface area (Å²) in [6.45, 7) is 15.8. The number of carbonyl (C=O) groups is 2. The number of anilines is 1. The smallest absolute Gasteiger partial charge is 0.221 e. The molecule has 0 bridgehead atoms. The molecule has 0 heterocycles. The van der Waals surface area contributed by atoms with Crippen molar-refractivity contribution in [1.29, 1.82) is 0 Å². The largest absolute Gasteiger partial charge is 0.506 e. The Morgan fingerprint density at radius 2 is 1.77 bits per heavy atom. The van der Waals surface area contributed by atoms with Crippen molar-refractivity contribution in [3.63, 3.8) is 0 Å². The standard InChI is InChI=1S/C27H41N3O4Si/c1-26(2,3)35(6,7)34-24(21-11-12-23(32)22(15-21)29-18-31)17-30-27(4,5)16-20-10-8-9-19(13-20)14-25(28)33/h8-13,15,18,24,30,32H,14,16-17H2,1-7H3,(H2,28,33)(H,29,31)/t24-/m0/s1. The zero-order chi connectivity index (χ0) is 26.4. The van der Waals surface area contributed by atoms with Gasteiger partial charge in [0, 0.05) is 12.1 Å². The fourth-order valence-electron chi connectivity index (χ4n) is 3.69. The maximum Gasteiger partial charge on any atom is 0.221 e. The lowest BCUT2D eigenvalue weighted by Gasteiger charge is -2.40. The van der Waals surface area contributed by atoms with Crippen LogP contribution in [0.3, 0.4) is 0 Å². The van der Waals surface area contributed by atoms with Crippen LogP contribution >= 0.6 is 0 Å². The van der Waals surface area contributed by atoms with Crippen molar-refractivity contribution in [3.8, 4) is 5.75 Å². The van der Waals surface area contributed by atoms with Gasteiger partial charge in [0.2, 0.25) is 12.3 Å². The van der Waals surface area contributed by atoms with Gasteiger partial charge in [0.15, 0.2) is 8.32 Å². The average Bonchev–Trinajstić information content (AvgIpc) is 2.71. The number of nitrogens with one attached hydrogen (secondary N) is 2. The lowest BCUT2D eigenvalue weighted by atomic mass is 9.93. The number of nitrogens with two attached hydrogens (primary N) is 1. The zero-order valence-corrected chi connectivity index (χ0v) is 23.1. The predicted octanol–water partition coefficient (Wildman–Crippen LogP) is 4.66. The fourth-order valence-corrected chi connectivity index (χ4v) is 4.97. The maximum absolute atomic E-state index is 11.3. The minimum absolute atomic E-state index is 0.0102. The maximum atomic E-state index is 11.3. The van der Waals surface area contributed by atoms with Crippen LogP contribution in [0, 0.1) is 0 Å². The molecule has 0 saturated carbocycles. The first kappa shape index (κ1) is 28.6. The van der Waals surface area contributed by atoms with E-state index in [1.54, 1.807) is 12.1 Å². The Kier molecular flexibility index (Phi) is 9.27. The highest BCUT2D eigenvalue weighted by atomic mass is 28.4. The van der Waals surface area contributed by atoms with E-state index in [0.29, 0.717) is 18.6 Å². The summed E-state index contributed by atoms with van der Waals surface area (Å²) in [5.74, 6) is -0.335. The molecule has 5 N–H and O–H groups in total. The third-order valence-corrected chi connectivity index (χ3v) is 11.1. The summed E-state index contributed by atoms with van der Waals surface area (Å²) in [5, 5.41) is 16.3. The molecule has 2 amide bonds. The summed E-state index contributed by atoms with van der Waals surface area (Å²) in [6, 6.07) is 13.1. The van der Waals surface area contributed by atoms with Crippen LogP contribution in [0.25, 0.3) is 0 Å². The van der Waals surface area contributed by atoms with Gasteiger partial charge in [-0.3, -0.25) is 9.59 Å². The van der Waals surface area contributed by atoms with Crippen molar-refractivity contribution in [2.75, 3.05) is 11.9 Å². The topological polar surface area (TPSA) is 114 Å². The van der Waals surface area contributed by atoms with Crippen molar-refractivity contribution in [3.05, 3.63) is 59.2 Å². The monoisotopic (exact) mass is 499 g/mol. The number of phenols is 1. The first-order valence-electron chi connectivity index (χ1n) is 12.0. The molecule has 0 radical (unpaired) electrons. The molecule has 8 heteroatoms. The molecular formula is C27H41N3O4Si. The summed E-state index contributed by atoms with van der Waals surface area (Å²) < 4.78 is 6.80.